The van der Waals surface area contributed by atoms with E-state index in [2.05, 4.69) is 4.98 Å². The average molecular weight is 221 g/mol. The van der Waals surface area contributed by atoms with Gasteiger partial charge in [0.1, 0.15) is 11.6 Å². The number of hydrogen-bond acceptors (Lipinski definition) is 4. The number of ether oxygens (including phenoxy) is 1. The van der Waals surface area contributed by atoms with E-state index >= 15 is 0 Å². The fraction of sp³-hybridized carbons (Fsp3) is 0.200. The van der Waals surface area contributed by atoms with Crippen LogP contribution in [0.5, 0.6) is 5.75 Å². The molecule has 0 fully saturated rings. The lowest BCUT2D eigenvalue weighted by atomic mass is 10.3. The first-order chi connectivity index (χ1) is 7.67. The van der Waals surface area contributed by atoms with E-state index in [9.17, 15) is 4.79 Å². The zero-order valence-corrected chi connectivity index (χ0v) is 8.67. The maximum Gasteiger partial charge on any atom is 0.417 e. The summed E-state index contributed by atoms with van der Waals surface area (Å²) in [4.78, 5) is 15.2. The summed E-state index contributed by atoms with van der Waals surface area (Å²) in [7, 11) is 1.52. The lowest BCUT2D eigenvalue weighted by Crippen LogP contribution is -2.14. The number of fused-ring (bicyclic) bond motifs is 1. The topological polar surface area (TPSA) is 90.4 Å². The Hall–Kier alpha value is -2.08. The number of hydrogen-bond donors (Lipinski definition) is 2. The zero-order valence-electron chi connectivity index (χ0n) is 8.67. The third-order valence-electron chi connectivity index (χ3n) is 2.30. The van der Waals surface area contributed by atoms with E-state index in [1.54, 1.807) is 18.2 Å². The summed E-state index contributed by atoms with van der Waals surface area (Å²) in [6.45, 7) is 0.0727. The number of nitrogens with two attached hydrogens (primary N) is 1. The monoisotopic (exact) mass is 221 g/mol. The molecule has 0 bridgehead atoms. The van der Waals surface area contributed by atoms with E-state index in [-0.39, 0.29) is 6.54 Å². The highest BCUT2D eigenvalue weighted by atomic mass is 16.5. The van der Waals surface area contributed by atoms with Gasteiger partial charge in [-0.1, -0.05) is 0 Å². The largest absolute Gasteiger partial charge is 0.497 e. The van der Waals surface area contributed by atoms with Crippen molar-refractivity contribution in [3.05, 3.63) is 24.0 Å². The van der Waals surface area contributed by atoms with Crippen molar-refractivity contribution >= 4 is 17.1 Å². The molecule has 0 radical (unpaired) electrons. The molecule has 2 rings (SSSR count). The van der Waals surface area contributed by atoms with Crippen LogP contribution in [0.25, 0.3) is 11.0 Å². The van der Waals surface area contributed by atoms with Crippen LogP contribution in [0.2, 0.25) is 0 Å². The minimum atomic E-state index is -1.10. The average Bonchev–Trinajstić information content (AvgIpc) is 2.65. The molecular formula is C10H11N3O3. The molecule has 16 heavy (non-hydrogen) atoms. The van der Waals surface area contributed by atoms with E-state index in [1.165, 1.54) is 7.11 Å². The number of methoxy groups -OCH3 is 1. The standard InChI is InChI=1S/C10H11N3O3/c1-16-6-2-3-7-8(4-6)13(10(14)15)9(5-11)12-7/h2-4H,5,11H2,1H3,(H,14,15). The van der Waals surface area contributed by atoms with Gasteiger partial charge >= 0.3 is 6.09 Å². The third kappa shape index (κ3) is 1.49. The molecule has 1 aromatic carbocycles. The molecule has 0 saturated heterocycles. The molecule has 2 aromatic rings. The highest BCUT2D eigenvalue weighted by Crippen LogP contribution is 2.21. The molecule has 0 atom stereocenters. The molecule has 3 N–H and O–H groups in total. The summed E-state index contributed by atoms with van der Waals surface area (Å²) in [5, 5.41) is 9.07. The Balaban J connectivity index is 2.75. The van der Waals surface area contributed by atoms with Gasteiger partial charge in [-0.05, 0) is 12.1 Å². The summed E-state index contributed by atoms with van der Waals surface area (Å²) >= 11 is 0. The fourth-order valence-electron chi connectivity index (χ4n) is 1.58. The van der Waals surface area contributed by atoms with Crippen molar-refractivity contribution in [2.24, 2.45) is 5.73 Å². The van der Waals surface area contributed by atoms with E-state index in [0.717, 1.165) is 4.57 Å². The number of nitrogens with zero attached hydrogens (tertiary/aromatic N) is 2. The van der Waals surface area contributed by atoms with Crippen LogP contribution in [0.1, 0.15) is 5.82 Å². The Bertz CT molecular complexity index is 547. The molecule has 0 amide bonds. The molecule has 1 heterocycles. The molecule has 0 spiro atoms. The molecule has 0 aliphatic rings. The second kappa shape index (κ2) is 3.82. The van der Waals surface area contributed by atoms with Gasteiger partial charge in [-0.25, -0.2) is 14.3 Å². The van der Waals surface area contributed by atoms with Gasteiger partial charge in [-0.15, -0.1) is 0 Å². The highest BCUT2D eigenvalue weighted by molar-refractivity contribution is 5.87. The summed E-state index contributed by atoms with van der Waals surface area (Å²) in [5.74, 6) is 0.897. The van der Waals surface area contributed by atoms with Crippen LogP contribution >= 0.6 is 0 Å². The maximum atomic E-state index is 11.1. The van der Waals surface area contributed by atoms with Gasteiger partial charge in [0.2, 0.25) is 0 Å². The molecule has 0 saturated carbocycles. The summed E-state index contributed by atoms with van der Waals surface area (Å²) in [5.41, 5.74) is 6.51. The number of carbonyl (C=O) groups is 1. The van der Waals surface area contributed by atoms with Crippen molar-refractivity contribution in [3.8, 4) is 5.75 Å². The first-order valence-corrected chi connectivity index (χ1v) is 4.66. The van der Waals surface area contributed by atoms with Crippen LogP contribution in [-0.4, -0.2) is 27.9 Å². The first-order valence-electron chi connectivity index (χ1n) is 4.66. The van der Waals surface area contributed by atoms with Crippen LogP contribution < -0.4 is 10.5 Å². The fourth-order valence-corrected chi connectivity index (χ4v) is 1.58. The van der Waals surface area contributed by atoms with Crippen molar-refractivity contribution < 1.29 is 14.6 Å². The van der Waals surface area contributed by atoms with E-state index in [0.29, 0.717) is 22.6 Å². The van der Waals surface area contributed by atoms with Crippen molar-refractivity contribution in [1.82, 2.24) is 9.55 Å². The number of imidazole rings is 1. The normalized spacial score (nSPS) is 10.6. The minimum absolute atomic E-state index is 0.0727. The van der Waals surface area contributed by atoms with E-state index in [1.807, 2.05) is 0 Å². The molecule has 0 unspecified atom stereocenters. The quantitative estimate of drug-likeness (QED) is 0.790. The summed E-state index contributed by atoms with van der Waals surface area (Å²) in [6.07, 6.45) is -1.10. The van der Waals surface area contributed by atoms with Crippen LogP contribution in [0.3, 0.4) is 0 Å². The van der Waals surface area contributed by atoms with Gasteiger partial charge in [0.05, 0.1) is 24.7 Å². The van der Waals surface area contributed by atoms with Crippen molar-refractivity contribution in [1.29, 1.82) is 0 Å². The van der Waals surface area contributed by atoms with Crippen LogP contribution in [-0.2, 0) is 6.54 Å². The summed E-state index contributed by atoms with van der Waals surface area (Å²) < 4.78 is 6.10. The third-order valence-corrected chi connectivity index (χ3v) is 2.30. The number of aromatic nitrogens is 2. The predicted molar refractivity (Wildman–Crippen MR) is 57.6 cm³/mol. The van der Waals surface area contributed by atoms with Gasteiger partial charge in [0.25, 0.3) is 0 Å². The Kier molecular flexibility index (Phi) is 2.49. The van der Waals surface area contributed by atoms with Gasteiger partial charge in [-0.2, -0.15) is 0 Å². The van der Waals surface area contributed by atoms with E-state index < -0.39 is 6.09 Å². The second-order valence-corrected chi connectivity index (χ2v) is 3.20. The molecular weight excluding hydrogens is 210 g/mol. The van der Waals surface area contributed by atoms with Crippen LogP contribution in [0.15, 0.2) is 18.2 Å². The number of rotatable bonds is 2. The van der Waals surface area contributed by atoms with Crippen molar-refractivity contribution in [2.45, 2.75) is 6.54 Å². The van der Waals surface area contributed by atoms with Gasteiger partial charge < -0.3 is 15.6 Å². The maximum absolute atomic E-state index is 11.1. The smallest absolute Gasteiger partial charge is 0.417 e. The Morgan fingerprint density at radius 1 is 1.62 bits per heavy atom. The van der Waals surface area contributed by atoms with Gasteiger partial charge in [0, 0.05) is 6.07 Å². The molecule has 6 heteroatoms. The highest BCUT2D eigenvalue weighted by Gasteiger charge is 2.15. The Morgan fingerprint density at radius 3 is 2.94 bits per heavy atom. The van der Waals surface area contributed by atoms with Crippen LogP contribution in [0, 0.1) is 0 Å². The zero-order chi connectivity index (χ0) is 11.7. The first kappa shape index (κ1) is 10.4. The molecule has 1 aromatic heterocycles. The number of carboxylic acid groups (broad SMARTS) is 1. The van der Waals surface area contributed by atoms with Crippen LogP contribution in [0.4, 0.5) is 4.79 Å². The van der Waals surface area contributed by atoms with Gasteiger partial charge in [-0.3, -0.25) is 0 Å². The summed E-state index contributed by atoms with van der Waals surface area (Å²) in [6, 6.07) is 5.05. The van der Waals surface area contributed by atoms with Crippen molar-refractivity contribution in [2.75, 3.05) is 7.11 Å². The molecule has 6 nitrogen and oxygen atoms in total. The Labute approximate surface area is 91.3 Å². The van der Waals surface area contributed by atoms with Crippen molar-refractivity contribution in [3.63, 3.8) is 0 Å². The SMILES string of the molecule is COc1ccc2nc(CN)n(C(=O)O)c2c1. The lowest BCUT2D eigenvalue weighted by molar-refractivity contribution is 0.196. The number of benzene rings is 1. The minimum Gasteiger partial charge on any atom is -0.497 e. The lowest BCUT2D eigenvalue weighted by Gasteiger charge is -2.02. The van der Waals surface area contributed by atoms with E-state index in [4.69, 9.17) is 15.6 Å². The molecule has 84 valence electrons. The predicted octanol–water partition coefficient (Wildman–Crippen LogP) is 1.03. The molecule has 0 aliphatic heterocycles. The van der Waals surface area contributed by atoms with Gasteiger partial charge in [0.15, 0.2) is 0 Å². The Morgan fingerprint density at radius 2 is 2.38 bits per heavy atom. The second-order valence-electron chi connectivity index (χ2n) is 3.20. The molecule has 0 aliphatic carbocycles.